The van der Waals surface area contributed by atoms with Crippen molar-refractivity contribution in [3.8, 4) is 0 Å². The van der Waals surface area contributed by atoms with Crippen LogP contribution in [-0.4, -0.2) is 33.8 Å². The second-order valence-corrected chi connectivity index (χ2v) is 8.32. The van der Waals surface area contributed by atoms with Crippen LogP contribution in [0, 0.1) is 0 Å². The van der Waals surface area contributed by atoms with Gasteiger partial charge in [-0.3, -0.25) is 0 Å². The van der Waals surface area contributed by atoms with Crippen molar-refractivity contribution in [1.82, 2.24) is 0 Å². The minimum absolute atomic E-state index is 0.879. The van der Waals surface area contributed by atoms with Crippen molar-refractivity contribution in [3.05, 3.63) is 0 Å². The van der Waals surface area contributed by atoms with Gasteiger partial charge in [-0.05, 0) is 0 Å². The zero-order valence-corrected chi connectivity index (χ0v) is 9.23. The first-order valence-electron chi connectivity index (χ1n) is 3.66. The number of unbranched alkanes of at least 4 members (excludes halogenated alkanes) is 1. The second kappa shape index (κ2) is 4.52. The number of hydrogen-bond donors (Lipinski definition) is 0. The Hall–Kier alpha value is 0.719. The second-order valence-electron chi connectivity index (χ2n) is 2.31. The first-order valence-corrected chi connectivity index (χ1v) is 8.69. The Kier molecular flexibility index (Phi) is 3.93. The summed E-state index contributed by atoms with van der Waals surface area (Å²) in [4.78, 5) is 0. The Morgan fingerprint density at radius 3 is 2.56 bits per heavy atom. The summed E-state index contributed by atoms with van der Waals surface area (Å²) in [5.74, 6) is 0. The molecule has 1 rings (SSSR count). The van der Waals surface area contributed by atoms with Crippen LogP contribution in [0.4, 0.5) is 0 Å². The van der Waals surface area contributed by atoms with Crippen molar-refractivity contribution in [2.75, 3.05) is 13.2 Å². The summed E-state index contributed by atoms with van der Waals surface area (Å²) < 4.78 is 12.2. The predicted molar refractivity (Wildman–Crippen MR) is 38.8 cm³/mol. The Morgan fingerprint density at radius 1 is 1.33 bits per heavy atom. The van der Waals surface area contributed by atoms with Gasteiger partial charge in [0.05, 0.1) is 0 Å². The zero-order chi connectivity index (χ0) is 6.53. The van der Waals surface area contributed by atoms with Gasteiger partial charge in [0.15, 0.2) is 0 Å². The van der Waals surface area contributed by atoms with Gasteiger partial charge in [0.1, 0.15) is 0 Å². The third-order valence-corrected chi connectivity index (χ3v) is 7.46. The SMILES string of the molecule is CCC[CH2][SnH]1[O]CC[O]1. The van der Waals surface area contributed by atoms with Gasteiger partial charge in [0.25, 0.3) is 0 Å². The maximum atomic E-state index is 5.44. The van der Waals surface area contributed by atoms with Gasteiger partial charge in [-0.1, -0.05) is 0 Å². The van der Waals surface area contributed by atoms with E-state index in [-0.39, 0.29) is 0 Å². The fraction of sp³-hybridized carbons (Fsp3) is 1.00. The summed E-state index contributed by atoms with van der Waals surface area (Å²) in [5, 5.41) is 0. The molecule has 0 saturated carbocycles. The molecular weight excluding hydrogens is 223 g/mol. The van der Waals surface area contributed by atoms with Crippen LogP contribution in [0.3, 0.4) is 0 Å². The fourth-order valence-electron chi connectivity index (χ4n) is 0.945. The molecule has 54 valence electrons. The van der Waals surface area contributed by atoms with Crippen LogP contribution in [0.25, 0.3) is 0 Å². The molecule has 0 spiro atoms. The van der Waals surface area contributed by atoms with Crippen LogP contribution in [0.1, 0.15) is 19.8 Å². The van der Waals surface area contributed by atoms with E-state index in [4.69, 9.17) is 6.15 Å². The van der Waals surface area contributed by atoms with Gasteiger partial charge in [-0.25, -0.2) is 0 Å². The van der Waals surface area contributed by atoms with Crippen LogP contribution in [0.2, 0.25) is 4.44 Å². The summed E-state index contributed by atoms with van der Waals surface area (Å²) in [6.45, 7) is 3.97. The van der Waals surface area contributed by atoms with E-state index in [1.807, 2.05) is 0 Å². The molecule has 0 radical (unpaired) electrons. The summed E-state index contributed by atoms with van der Waals surface area (Å²) >= 11 is -1.72. The maximum absolute atomic E-state index is 5.44. The van der Waals surface area contributed by atoms with Gasteiger partial charge >= 0.3 is 64.2 Å². The van der Waals surface area contributed by atoms with E-state index in [1.165, 1.54) is 17.3 Å². The summed E-state index contributed by atoms with van der Waals surface area (Å²) in [6, 6.07) is 0. The number of hydrogen-bond acceptors (Lipinski definition) is 2. The molecule has 0 aromatic carbocycles. The summed E-state index contributed by atoms with van der Waals surface area (Å²) in [6.07, 6.45) is 2.58. The van der Waals surface area contributed by atoms with Gasteiger partial charge in [0, 0.05) is 0 Å². The monoisotopic (exact) mass is 238 g/mol. The Bertz CT molecular complexity index is 71.5. The van der Waals surface area contributed by atoms with Crippen molar-refractivity contribution in [1.29, 1.82) is 0 Å². The standard InChI is InChI=1S/C4H9.C2H4O2.Sn.H/c1-3-4-2;3-1-2-4;;/h1,3-4H2,2H3;1-2H2;;/q;-2;+2;. The van der Waals surface area contributed by atoms with Crippen LogP contribution in [-0.2, 0) is 6.15 Å². The van der Waals surface area contributed by atoms with Gasteiger partial charge < -0.3 is 0 Å². The molecule has 9 heavy (non-hydrogen) atoms. The van der Waals surface area contributed by atoms with E-state index >= 15 is 0 Å². The van der Waals surface area contributed by atoms with E-state index in [0.717, 1.165) is 13.2 Å². The van der Waals surface area contributed by atoms with Crippen molar-refractivity contribution in [3.63, 3.8) is 0 Å². The number of rotatable bonds is 3. The molecule has 0 aromatic rings. The normalized spacial score (nSPS) is 21.0. The molecule has 3 heteroatoms. The average molecular weight is 237 g/mol. The molecular formula is C6H14O2Sn. The molecule has 1 fully saturated rings. The Labute approximate surface area is 64.4 Å². The Balaban J connectivity index is 1.98. The van der Waals surface area contributed by atoms with E-state index in [1.54, 1.807) is 0 Å². The van der Waals surface area contributed by atoms with Crippen molar-refractivity contribution < 1.29 is 6.15 Å². The molecule has 0 aromatic heterocycles. The molecule has 1 aliphatic rings. The minimum atomic E-state index is -1.72. The zero-order valence-electron chi connectivity index (χ0n) is 5.93. The molecule has 0 N–H and O–H groups in total. The molecule has 2 nitrogen and oxygen atoms in total. The van der Waals surface area contributed by atoms with Gasteiger partial charge in [-0.15, -0.1) is 0 Å². The molecule has 0 unspecified atom stereocenters. The average Bonchev–Trinajstić information content (AvgIpc) is 2.34. The van der Waals surface area contributed by atoms with Crippen molar-refractivity contribution in [2.45, 2.75) is 24.2 Å². The van der Waals surface area contributed by atoms with Crippen molar-refractivity contribution in [2.24, 2.45) is 0 Å². The summed E-state index contributed by atoms with van der Waals surface area (Å²) in [5.41, 5.74) is 0. The van der Waals surface area contributed by atoms with Crippen LogP contribution >= 0.6 is 0 Å². The van der Waals surface area contributed by atoms with E-state index in [9.17, 15) is 0 Å². The molecule has 0 aliphatic carbocycles. The summed E-state index contributed by atoms with van der Waals surface area (Å²) in [7, 11) is 0. The fourth-order valence-corrected chi connectivity index (χ4v) is 6.34. The van der Waals surface area contributed by atoms with Crippen molar-refractivity contribution >= 4 is 20.6 Å². The first-order chi connectivity index (χ1) is 4.43. The molecule has 0 atom stereocenters. The third-order valence-electron chi connectivity index (χ3n) is 1.48. The molecule has 1 saturated heterocycles. The Morgan fingerprint density at radius 2 is 2.00 bits per heavy atom. The quantitative estimate of drug-likeness (QED) is 0.683. The van der Waals surface area contributed by atoms with E-state index in [0.29, 0.717) is 0 Å². The predicted octanol–water partition coefficient (Wildman–Crippen LogP) is 1.05. The molecule has 0 amide bonds. The molecule has 1 aliphatic heterocycles. The van der Waals surface area contributed by atoms with Crippen LogP contribution in [0.15, 0.2) is 0 Å². The van der Waals surface area contributed by atoms with Crippen LogP contribution in [0.5, 0.6) is 0 Å². The van der Waals surface area contributed by atoms with E-state index in [2.05, 4.69) is 6.92 Å². The molecule has 1 heterocycles. The molecule has 0 bridgehead atoms. The third kappa shape index (κ3) is 2.87. The topological polar surface area (TPSA) is 18.5 Å². The van der Waals surface area contributed by atoms with E-state index < -0.39 is 20.6 Å². The van der Waals surface area contributed by atoms with Crippen LogP contribution < -0.4 is 0 Å². The van der Waals surface area contributed by atoms with Gasteiger partial charge in [-0.2, -0.15) is 0 Å². The first kappa shape index (κ1) is 7.82. The van der Waals surface area contributed by atoms with Gasteiger partial charge in [0.2, 0.25) is 0 Å².